The van der Waals surface area contributed by atoms with Crippen LogP contribution in [0.2, 0.25) is 0 Å². The second-order valence-electron chi connectivity index (χ2n) is 4.44. The molecule has 22 heavy (non-hydrogen) atoms. The maximum absolute atomic E-state index is 11.4. The quantitative estimate of drug-likeness (QED) is 0.409. The lowest BCUT2D eigenvalue weighted by Crippen LogP contribution is -2.33. The van der Waals surface area contributed by atoms with Crippen molar-refractivity contribution >= 4 is 17.6 Å². The van der Waals surface area contributed by atoms with E-state index in [9.17, 15) is 14.4 Å². The predicted molar refractivity (Wildman–Crippen MR) is 79.4 cm³/mol. The molecule has 0 aliphatic carbocycles. The van der Waals surface area contributed by atoms with Crippen molar-refractivity contribution in [3.63, 3.8) is 0 Å². The maximum atomic E-state index is 11.4. The van der Waals surface area contributed by atoms with E-state index >= 15 is 0 Å². The third-order valence-corrected chi connectivity index (χ3v) is 2.56. The Kier molecular flexibility index (Phi) is 13.4. The summed E-state index contributed by atoms with van der Waals surface area (Å²) in [5.41, 5.74) is 0. The number of carbonyl (C=O) groups excluding carboxylic acids is 3. The molecule has 0 radical (unpaired) electrons. The third-order valence-electron chi connectivity index (χ3n) is 2.56. The van der Waals surface area contributed by atoms with Crippen molar-refractivity contribution < 1.29 is 28.6 Å². The van der Waals surface area contributed by atoms with Crippen molar-refractivity contribution in [2.75, 3.05) is 53.2 Å². The molecule has 0 aliphatic heterocycles. The van der Waals surface area contributed by atoms with Crippen molar-refractivity contribution in [1.29, 1.82) is 0 Å². The van der Waals surface area contributed by atoms with Crippen molar-refractivity contribution in [1.82, 2.24) is 10.6 Å². The fourth-order valence-electron chi connectivity index (χ4n) is 1.31. The lowest BCUT2D eigenvalue weighted by molar-refractivity contribution is -0.126. The zero-order valence-corrected chi connectivity index (χ0v) is 13.3. The van der Waals surface area contributed by atoms with Gasteiger partial charge in [0.25, 0.3) is 0 Å². The molecule has 0 heterocycles. The Balaban J connectivity index is 3.36. The van der Waals surface area contributed by atoms with Gasteiger partial charge in [-0.1, -0.05) is 6.92 Å². The Morgan fingerprint density at radius 3 is 2.05 bits per heavy atom. The molecule has 0 unspecified atom stereocenters. The molecule has 128 valence electrons. The monoisotopic (exact) mass is 318 g/mol. The maximum Gasteiger partial charge on any atom is 0.246 e. The summed E-state index contributed by atoms with van der Waals surface area (Å²) in [6.45, 7) is 3.35. The Morgan fingerprint density at radius 2 is 1.45 bits per heavy atom. The van der Waals surface area contributed by atoms with Crippen molar-refractivity contribution in [3.8, 4) is 0 Å². The van der Waals surface area contributed by atoms with E-state index in [4.69, 9.17) is 14.2 Å². The molecular formula is C14H26N2O6. The summed E-state index contributed by atoms with van der Waals surface area (Å²) in [5, 5.41) is 5.24. The number of Topliss-reactive ketones (excluding diaryl/α,β-unsaturated/α-hetero) is 1. The van der Waals surface area contributed by atoms with Crippen LogP contribution in [0.4, 0.5) is 0 Å². The van der Waals surface area contributed by atoms with Gasteiger partial charge in [-0.3, -0.25) is 14.4 Å². The van der Waals surface area contributed by atoms with Crippen LogP contribution in [0.1, 0.15) is 19.8 Å². The number of ketones is 1. The molecule has 8 nitrogen and oxygen atoms in total. The second kappa shape index (κ2) is 14.4. The fraction of sp³-hybridized carbons (Fsp3) is 0.786. The molecule has 2 N–H and O–H groups in total. The molecule has 0 bridgehead atoms. The van der Waals surface area contributed by atoms with Gasteiger partial charge in [-0.05, 0) is 0 Å². The van der Waals surface area contributed by atoms with Gasteiger partial charge in [-0.25, -0.2) is 0 Å². The highest BCUT2D eigenvalue weighted by Gasteiger charge is 2.03. The van der Waals surface area contributed by atoms with Crippen LogP contribution < -0.4 is 10.6 Å². The van der Waals surface area contributed by atoms with Crippen LogP contribution in [0.5, 0.6) is 0 Å². The number of carbonyl (C=O) groups is 3. The molecule has 2 amide bonds. The van der Waals surface area contributed by atoms with Crippen molar-refractivity contribution in [2.24, 2.45) is 0 Å². The van der Waals surface area contributed by atoms with Crippen LogP contribution in [0, 0.1) is 0 Å². The van der Waals surface area contributed by atoms with Gasteiger partial charge < -0.3 is 24.8 Å². The molecular weight excluding hydrogens is 292 g/mol. The van der Waals surface area contributed by atoms with E-state index in [1.807, 2.05) is 0 Å². The topological polar surface area (TPSA) is 103 Å². The Bertz CT molecular complexity index is 335. The molecule has 0 fully saturated rings. The van der Waals surface area contributed by atoms with Crippen LogP contribution in [-0.4, -0.2) is 70.8 Å². The SMILES string of the molecule is CCC(=O)COCCNC(=O)COCCNC(=O)CCOC. The summed E-state index contributed by atoms with van der Waals surface area (Å²) >= 11 is 0. The first-order valence-corrected chi connectivity index (χ1v) is 7.29. The third kappa shape index (κ3) is 13.5. The molecule has 0 aromatic heterocycles. The summed E-state index contributed by atoms with van der Waals surface area (Å²) in [7, 11) is 1.53. The smallest absolute Gasteiger partial charge is 0.246 e. The summed E-state index contributed by atoms with van der Waals surface area (Å²) in [6, 6.07) is 0. The average molecular weight is 318 g/mol. The highest BCUT2D eigenvalue weighted by molar-refractivity contribution is 5.79. The standard InChI is InChI=1S/C14H26N2O6/c1-3-12(17)10-21-8-6-16-14(19)11-22-9-5-15-13(18)4-7-20-2/h3-11H2,1-2H3,(H,15,18)(H,16,19). The molecule has 0 aromatic carbocycles. The van der Waals surface area contributed by atoms with Gasteiger partial charge in [0.05, 0.1) is 19.8 Å². The summed E-state index contributed by atoms with van der Waals surface area (Å²) in [4.78, 5) is 33.5. The van der Waals surface area contributed by atoms with Gasteiger partial charge >= 0.3 is 0 Å². The van der Waals surface area contributed by atoms with Crippen molar-refractivity contribution in [3.05, 3.63) is 0 Å². The Morgan fingerprint density at radius 1 is 0.864 bits per heavy atom. The molecule has 0 atom stereocenters. The minimum atomic E-state index is -0.267. The van der Waals surface area contributed by atoms with Crippen LogP contribution in [0.3, 0.4) is 0 Å². The average Bonchev–Trinajstić information content (AvgIpc) is 2.51. The van der Waals surface area contributed by atoms with Crippen LogP contribution in [-0.2, 0) is 28.6 Å². The summed E-state index contributed by atoms with van der Waals surface area (Å²) in [5.74, 6) is -0.355. The molecule has 0 saturated carbocycles. The number of rotatable bonds is 14. The predicted octanol–water partition coefficient (Wildman–Crippen LogP) is -0.732. The zero-order valence-electron chi connectivity index (χ0n) is 13.3. The first-order chi connectivity index (χ1) is 10.6. The zero-order chi connectivity index (χ0) is 16.6. The lowest BCUT2D eigenvalue weighted by atomic mass is 10.3. The molecule has 0 rings (SSSR count). The Hall–Kier alpha value is -1.51. The lowest BCUT2D eigenvalue weighted by Gasteiger charge is -2.07. The number of hydrogen-bond donors (Lipinski definition) is 2. The van der Waals surface area contributed by atoms with E-state index in [1.54, 1.807) is 6.92 Å². The number of amides is 2. The van der Waals surface area contributed by atoms with Gasteiger partial charge in [-0.15, -0.1) is 0 Å². The van der Waals surface area contributed by atoms with Gasteiger partial charge in [-0.2, -0.15) is 0 Å². The highest BCUT2D eigenvalue weighted by atomic mass is 16.5. The van der Waals surface area contributed by atoms with Crippen LogP contribution in [0.25, 0.3) is 0 Å². The van der Waals surface area contributed by atoms with Gasteiger partial charge in [0.15, 0.2) is 5.78 Å². The molecule has 0 saturated heterocycles. The van der Waals surface area contributed by atoms with Gasteiger partial charge in [0.1, 0.15) is 13.2 Å². The molecule has 0 aromatic rings. The normalized spacial score (nSPS) is 10.3. The molecule has 0 spiro atoms. The number of hydrogen-bond acceptors (Lipinski definition) is 6. The summed E-state index contributed by atoms with van der Waals surface area (Å²) in [6.07, 6.45) is 0.750. The number of ether oxygens (including phenoxy) is 3. The first kappa shape index (κ1) is 20.5. The number of nitrogens with one attached hydrogen (secondary N) is 2. The van der Waals surface area contributed by atoms with E-state index in [1.165, 1.54) is 7.11 Å². The van der Waals surface area contributed by atoms with Crippen molar-refractivity contribution in [2.45, 2.75) is 19.8 Å². The van der Waals surface area contributed by atoms with Gasteiger partial charge in [0.2, 0.25) is 11.8 Å². The fourth-order valence-corrected chi connectivity index (χ4v) is 1.31. The molecule has 8 heteroatoms. The van der Waals surface area contributed by atoms with E-state index in [-0.39, 0.29) is 44.0 Å². The second-order valence-corrected chi connectivity index (χ2v) is 4.44. The first-order valence-electron chi connectivity index (χ1n) is 7.29. The van der Waals surface area contributed by atoms with E-state index in [0.717, 1.165) is 0 Å². The van der Waals surface area contributed by atoms with Gasteiger partial charge in [0, 0.05) is 33.0 Å². The van der Waals surface area contributed by atoms with E-state index in [0.29, 0.717) is 32.5 Å². The van der Waals surface area contributed by atoms with E-state index < -0.39 is 0 Å². The largest absolute Gasteiger partial charge is 0.384 e. The highest BCUT2D eigenvalue weighted by Crippen LogP contribution is 1.83. The minimum Gasteiger partial charge on any atom is -0.384 e. The van der Waals surface area contributed by atoms with Crippen LogP contribution in [0.15, 0.2) is 0 Å². The summed E-state index contributed by atoms with van der Waals surface area (Å²) < 4.78 is 15.0. The minimum absolute atomic E-state index is 0.0298. The van der Waals surface area contributed by atoms with Crippen LogP contribution >= 0.6 is 0 Å². The molecule has 0 aliphatic rings. The Labute approximate surface area is 130 Å². The van der Waals surface area contributed by atoms with E-state index in [2.05, 4.69) is 10.6 Å². The number of methoxy groups -OCH3 is 1.